The van der Waals surface area contributed by atoms with Crippen LogP contribution in [0.3, 0.4) is 0 Å². The van der Waals surface area contributed by atoms with Crippen molar-refractivity contribution in [2.24, 2.45) is 0 Å². The zero-order valence-corrected chi connectivity index (χ0v) is 16.4. The zero-order chi connectivity index (χ0) is 19.3. The van der Waals surface area contributed by atoms with Crippen molar-refractivity contribution in [2.45, 2.75) is 26.8 Å². The van der Waals surface area contributed by atoms with E-state index in [0.717, 1.165) is 16.7 Å². The number of urea groups is 1. The monoisotopic (exact) mass is 394 g/mol. The normalized spacial score (nSPS) is 11.7. The van der Waals surface area contributed by atoms with Gasteiger partial charge in [0.05, 0.1) is 5.02 Å². The molecule has 26 heavy (non-hydrogen) atoms. The highest BCUT2D eigenvalue weighted by atomic mass is 35.5. The van der Waals surface area contributed by atoms with Gasteiger partial charge >= 0.3 is 6.03 Å². The summed E-state index contributed by atoms with van der Waals surface area (Å²) >= 11 is 12.1. The Morgan fingerprint density at radius 1 is 1.12 bits per heavy atom. The second-order valence-corrected chi connectivity index (χ2v) is 7.06. The number of aryl methyl sites for hydroxylation is 2. The molecule has 0 unspecified atom stereocenters. The molecule has 7 heteroatoms. The number of nitrogens with one attached hydrogen (secondary N) is 2. The van der Waals surface area contributed by atoms with Crippen molar-refractivity contribution in [3.8, 4) is 0 Å². The van der Waals surface area contributed by atoms with Crippen molar-refractivity contribution in [3.63, 3.8) is 0 Å². The Kier molecular flexibility index (Phi) is 7.03. The molecule has 0 radical (unpaired) electrons. The van der Waals surface area contributed by atoms with E-state index in [2.05, 4.69) is 10.6 Å². The second-order valence-electron chi connectivity index (χ2n) is 6.22. The maximum atomic E-state index is 12.0. The number of carbonyl (C=O) groups excluding carboxylic acids is 2. The molecule has 0 fully saturated rings. The summed E-state index contributed by atoms with van der Waals surface area (Å²) in [5.41, 5.74) is 3.59. The number of hydrogen-bond donors (Lipinski definition) is 3. The van der Waals surface area contributed by atoms with E-state index in [1.807, 2.05) is 45.0 Å². The van der Waals surface area contributed by atoms with Crippen LogP contribution in [0, 0.1) is 13.8 Å². The van der Waals surface area contributed by atoms with Crippen molar-refractivity contribution in [1.82, 2.24) is 5.32 Å². The van der Waals surface area contributed by atoms with Crippen molar-refractivity contribution in [2.75, 3.05) is 11.9 Å². The number of benzene rings is 2. The third-order valence-electron chi connectivity index (χ3n) is 3.99. The smallest absolute Gasteiger partial charge is 0.326 e. The van der Waals surface area contributed by atoms with Gasteiger partial charge in [0.2, 0.25) is 0 Å². The minimum atomic E-state index is -0.549. The van der Waals surface area contributed by atoms with Gasteiger partial charge in [0, 0.05) is 16.3 Å². The lowest BCUT2D eigenvalue weighted by molar-refractivity contribution is -0.682. The second kappa shape index (κ2) is 9.03. The summed E-state index contributed by atoms with van der Waals surface area (Å²) in [6.07, 6.45) is 0. The Morgan fingerprint density at radius 3 is 2.50 bits per heavy atom. The Hall–Kier alpha value is -2.08. The predicted octanol–water partition coefficient (Wildman–Crippen LogP) is 3.58. The van der Waals surface area contributed by atoms with E-state index in [9.17, 15) is 9.59 Å². The van der Waals surface area contributed by atoms with Gasteiger partial charge in [-0.15, -0.1) is 0 Å². The lowest BCUT2D eigenvalue weighted by Gasteiger charge is -2.13. The molecular weight excluding hydrogens is 373 g/mol. The van der Waals surface area contributed by atoms with Crippen LogP contribution >= 0.6 is 23.2 Å². The molecule has 5 nitrogen and oxygen atoms in total. The number of nitrogens with two attached hydrogens (primary N) is 1. The van der Waals surface area contributed by atoms with Crippen LogP contribution in [0.4, 0.5) is 10.5 Å². The Balaban J connectivity index is 1.85. The highest BCUT2D eigenvalue weighted by molar-refractivity contribution is 6.35. The van der Waals surface area contributed by atoms with E-state index in [-0.39, 0.29) is 18.5 Å². The van der Waals surface area contributed by atoms with E-state index in [0.29, 0.717) is 15.7 Å². The molecule has 0 aliphatic heterocycles. The molecule has 0 bridgehead atoms. The summed E-state index contributed by atoms with van der Waals surface area (Å²) in [5.74, 6) is -0.385. The fourth-order valence-electron chi connectivity index (χ4n) is 2.57. The maximum absolute atomic E-state index is 12.0. The van der Waals surface area contributed by atoms with Gasteiger partial charge in [-0.25, -0.2) is 4.79 Å². The first-order valence-corrected chi connectivity index (χ1v) is 8.98. The van der Waals surface area contributed by atoms with Crippen LogP contribution in [-0.2, 0) is 4.79 Å². The van der Waals surface area contributed by atoms with Crippen LogP contribution in [0.15, 0.2) is 36.4 Å². The molecule has 4 N–H and O–H groups in total. The maximum Gasteiger partial charge on any atom is 0.326 e. The molecule has 0 saturated heterocycles. The van der Waals surface area contributed by atoms with E-state index in [1.54, 1.807) is 17.4 Å². The molecule has 0 aliphatic rings. The number of halogens is 2. The first-order valence-electron chi connectivity index (χ1n) is 8.22. The number of carbonyl (C=O) groups is 2. The van der Waals surface area contributed by atoms with Crippen LogP contribution in [0.5, 0.6) is 0 Å². The zero-order valence-electron chi connectivity index (χ0n) is 14.9. The van der Waals surface area contributed by atoms with Gasteiger partial charge in [0.1, 0.15) is 6.04 Å². The topological polar surface area (TPSA) is 74.8 Å². The molecule has 0 spiro atoms. The van der Waals surface area contributed by atoms with Gasteiger partial charge < -0.3 is 10.6 Å². The number of anilines is 1. The summed E-state index contributed by atoms with van der Waals surface area (Å²) in [6, 6.07) is 10.3. The molecule has 2 rings (SSSR count). The van der Waals surface area contributed by atoms with Gasteiger partial charge in [-0.2, -0.15) is 0 Å². The third kappa shape index (κ3) is 5.73. The fourth-order valence-corrected chi connectivity index (χ4v) is 3.15. The quantitative estimate of drug-likeness (QED) is 0.724. The molecule has 0 heterocycles. The molecule has 0 saturated carbocycles. The lowest BCUT2D eigenvalue weighted by atomic mass is 10.1. The summed E-state index contributed by atoms with van der Waals surface area (Å²) in [6.45, 7) is 5.90. The lowest BCUT2D eigenvalue weighted by Crippen LogP contribution is -2.87. The van der Waals surface area contributed by atoms with Crippen molar-refractivity contribution >= 4 is 40.8 Å². The Labute approximate surface area is 163 Å². The largest absolute Gasteiger partial charge is 0.332 e. The number of quaternary nitrogens is 1. The fraction of sp³-hybridized carbons (Fsp3) is 0.263. The van der Waals surface area contributed by atoms with Crippen molar-refractivity contribution < 1.29 is 14.9 Å². The van der Waals surface area contributed by atoms with Crippen LogP contribution in [0.2, 0.25) is 10.0 Å². The highest BCUT2D eigenvalue weighted by Gasteiger charge is 2.16. The molecular formula is C19H22Cl2N3O2+. The van der Waals surface area contributed by atoms with Crippen molar-refractivity contribution in [1.29, 1.82) is 0 Å². The van der Waals surface area contributed by atoms with E-state index < -0.39 is 6.03 Å². The summed E-state index contributed by atoms with van der Waals surface area (Å²) in [7, 11) is 0. The average molecular weight is 395 g/mol. The number of rotatable bonds is 5. The van der Waals surface area contributed by atoms with Crippen LogP contribution in [0.25, 0.3) is 0 Å². The summed E-state index contributed by atoms with van der Waals surface area (Å²) < 4.78 is 0. The molecule has 138 valence electrons. The van der Waals surface area contributed by atoms with Gasteiger partial charge in [-0.05, 0) is 44.5 Å². The van der Waals surface area contributed by atoms with Gasteiger partial charge in [-0.3, -0.25) is 10.1 Å². The third-order valence-corrected chi connectivity index (χ3v) is 4.56. The van der Waals surface area contributed by atoms with Gasteiger partial charge in [0.15, 0.2) is 6.54 Å². The van der Waals surface area contributed by atoms with E-state index in [1.165, 1.54) is 0 Å². The minimum absolute atomic E-state index is 0.0482. The number of imide groups is 1. The SMILES string of the molecule is Cc1ccc(NC(=O)NC(=O)C[NH2+][C@@H](C)c2ccc(Cl)cc2Cl)c(C)c1. The first-order chi connectivity index (χ1) is 12.3. The van der Waals surface area contributed by atoms with E-state index >= 15 is 0 Å². The number of hydrogen-bond acceptors (Lipinski definition) is 2. The molecule has 2 aromatic carbocycles. The molecule has 1 atom stereocenters. The minimum Gasteiger partial charge on any atom is -0.332 e. The summed E-state index contributed by atoms with van der Waals surface area (Å²) in [4.78, 5) is 24.0. The van der Waals surface area contributed by atoms with Gasteiger partial charge in [-0.1, -0.05) is 47.0 Å². The Morgan fingerprint density at radius 2 is 1.85 bits per heavy atom. The standard InChI is InChI=1S/C19H21Cl2N3O2/c1-11-4-7-17(12(2)8-11)23-19(26)24-18(25)10-22-13(3)15-6-5-14(20)9-16(15)21/h4-9,13,22H,10H2,1-3H3,(H2,23,24,25,26)/p+1/t13-/m0/s1. The first kappa shape index (κ1) is 20.2. The van der Waals surface area contributed by atoms with Crippen LogP contribution in [0.1, 0.15) is 29.7 Å². The highest BCUT2D eigenvalue weighted by Crippen LogP contribution is 2.24. The molecule has 2 aromatic rings. The molecule has 0 aromatic heterocycles. The van der Waals surface area contributed by atoms with Gasteiger partial charge in [0.25, 0.3) is 5.91 Å². The Bertz CT molecular complexity index is 824. The number of amides is 3. The molecule has 0 aliphatic carbocycles. The van der Waals surface area contributed by atoms with E-state index in [4.69, 9.17) is 23.2 Å². The molecule has 3 amide bonds. The predicted molar refractivity (Wildman–Crippen MR) is 105 cm³/mol. The van der Waals surface area contributed by atoms with Crippen LogP contribution < -0.4 is 16.0 Å². The van der Waals surface area contributed by atoms with Crippen molar-refractivity contribution in [3.05, 3.63) is 63.1 Å². The van der Waals surface area contributed by atoms with Crippen LogP contribution in [-0.4, -0.2) is 18.5 Å². The average Bonchev–Trinajstić information content (AvgIpc) is 2.55. The summed E-state index contributed by atoms with van der Waals surface area (Å²) in [5, 5.41) is 7.92.